The lowest BCUT2D eigenvalue weighted by atomic mass is 10.2. The van der Waals surface area contributed by atoms with Crippen LogP contribution in [0.25, 0.3) is 0 Å². The van der Waals surface area contributed by atoms with Gasteiger partial charge < -0.3 is 5.73 Å². The van der Waals surface area contributed by atoms with Crippen LogP contribution in [0.1, 0.15) is 58.8 Å². The summed E-state index contributed by atoms with van der Waals surface area (Å²) in [6.45, 7) is 4.33. The molecule has 0 bridgehead atoms. The molecule has 88 valence electrons. The van der Waals surface area contributed by atoms with Gasteiger partial charge in [0.2, 0.25) is 0 Å². The summed E-state index contributed by atoms with van der Waals surface area (Å²) in [5, 5.41) is 0.539. The van der Waals surface area contributed by atoms with Gasteiger partial charge in [-0.2, -0.15) is 0 Å². The molecule has 0 amide bonds. The van der Waals surface area contributed by atoms with E-state index in [1.807, 2.05) is 6.08 Å². The first-order valence-corrected chi connectivity index (χ1v) is 6.27. The Kier molecular flexibility index (Phi) is 9.70. The Labute approximate surface area is 98.6 Å². The van der Waals surface area contributed by atoms with E-state index in [-0.39, 0.29) is 0 Å². The van der Waals surface area contributed by atoms with Crippen LogP contribution in [0.5, 0.6) is 0 Å². The zero-order valence-electron chi connectivity index (χ0n) is 9.93. The van der Waals surface area contributed by atoms with E-state index in [2.05, 4.69) is 18.8 Å². The van der Waals surface area contributed by atoms with Crippen LogP contribution in [-0.2, 0) is 0 Å². The highest BCUT2D eigenvalue weighted by molar-refractivity contribution is 6.30. The SMILES string of the molecule is CCCC/C=C(Cl)\N=C(\N)CCCCC. The fourth-order valence-electron chi connectivity index (χ4n) is 1.22. The van der Waals surface area contributed by atoms with Gasteiger partial charge in [-0.3, -0.25) is 0 Å². The van der Waals surface area contributed by atoms with Crippen molar-refractivity contribution >= 4 is 17.4 Å². The zero-order chi connectivity index (χ0) is 11.5. The molecule has 0 aliphatic carbocycles. The van der Waals surface area contributed by atoms with Gasteiger partial charge in [0.25, 0.3) is 0 Å². The monoisotopic (exact) mass is 230 g/mol. The first-order valence-electron chi connectivity index (χ1n) is 5.89. The van der Waals surface area contributed by atoms with Crippen LogP contribution in [0, 0.1) is 0 Å². The largest absolute Gasteiger partial charge is 0.387 e. The Balaban J connectivity index is 3.82. The molecule has 0 fully saturated rings. The molecule has 0 aromatic rings. The predicted octanol–water partition coefficient (Wildman–Crippen LogP) is 4.19. The summed E-state index contributed by atoms with van der Waals surface area (Å²) in [6.07, 6.45) is 9.62. The molecule has 0 spiro atoms. The number of unbranched alkanes of at least 4 members (excludes halogenated alkanes) is 4. The highest BCUT2D eigenvalue weighted by Crippen LogP contribution is 2.08. The van der Waals surface area contributed by atoms with Crippen molar-refractivity contribution in [3.63, 3.8) is 0 Å². The first-order chi connectivity index (χ1) is 7.20. The van der Waals surface area contributed by atoms with E-state index >= 15 is 0 Å². The molecule has 0 heterocycles. The van der Waals surface area contributed by atoms with Gasteiger partial charge in [-0.15, -0.1) is 0 Å². The van der Waals surface area contributed by atoms with Gasteiger partial charge in [0.1, 0.15) is 11.0 Å². The van der Waals surface area contributed by atoms with Crippen molar-refractivity contribution in [2.24, 2.45) is 10.7 Å². The Bertz CT molecular complexity index is 210. The van der Waals surface area contributed by atoms with Gasteiger partial charge in [0, 0.05) is 6.42 Å². The molecular weight excluding hydrogens is 208 g/mol. The molecule has 0 radical (unpaired) electrons. The summed E-state index contributed by atoms with van der Waals surface area (Å²) in [5.41, 5.74) is 5.74. The highest BCUT2D eigenvalue weighted by Gasteiger charge is 1.94. The average Bonchev–Trinajstić information content (AvgIpc) is 2.18. The number of aliphatic imine (C=N–C) groups is 1. The smallest absolute Gasteiger partial charge is 0.127 e. The van der Waals surface area contributed by atoms with E-state index in [0.717, 1.165) is 25.7 Å². The topological polar surface area (TPSA) is 38.4 Å². The Morgan fingerprint density at radius 1 is 1.20 bits per heavy atom. The van der Waals surface area contributed by atoms with Crippen LogP contribution in [0.2, 0.25) is 0 Å². The number of hydrogen-bond acceptors (Lipinski definition) is 1. The van der Waals surface area contributed by atoms with Crippen molar-refractivity contribution < 1.29 is 0 Å². The van der Waals surface area contributed by atoms with Crippen molar-refractivity contribution in [2.75, 3.05) is 0 Å². The third-order valence-corrected chi connectivity index (χ3v) is 2.40. The van der Waals surface area contributed by atoms with Gasteiger partial charge in [0.05, 0.1) is 0 Å². The standard InChI is InChI=1S/C12H23ClN2/c1-3-5-7-9-11(13)15-12(14)10-8-6-4-2/h9H,3-8,10H2,1-2H3,(H2,14,15)/b11-9-. The maximum absolute atomic E-state index is 5.92. The normalized spacial score (nSPS) is 13.3. The van der Waals surface area contributed by atoms with Crippen molar-refractivity contribution in [3.05, 3.63) is 11.2 Å². The van der Waals surface area contributed by atoms with Gasteiger partial charge in [-0.25, -0.2) is 4.99 Å². The Hall–Kier alpha value is -0.500. The van der Waals surface area contributed by atoms with Gasteiger partial charge in [0.15, 0.2) is 0 Å². The van der Waals surface area contributed by atoms with E-state index in [1.165, 1.54) is 19.3 Å². The van der Waals surface area contributed by atoms with Gasteiger partial charge >= 0.3 is 0 Å². The number of allylic oxidation sites excluding steroid dienone is 1. The molecular formula is C12H23ClN2. The van der Waals surface area contributed by atoms with Crippen LogP contribution < -0.4 is 5.73 Å². The van der Waals surface area contributed by atoms with E-state index < -0.39 is 0 Å². The quantitative estimate of drug-likeness (QED) is 0.289. The molecule has 0 aromatic carbocycles. The van der Waals surface area contributed by atoms with E-state index in [1.54, 1.807) is 0 Å². The molecule has 0 aliphatic rings. The molecule has 0 unspecified atom stereocenters. The van der Waals surface area contributed by atoms with Crippen LogP contribution in [-0.4, -0.2) is 5.84 Å². The Morgan fingerprint density at radius 2 is 1.87 bits per heavy atom. The second kappa shape index (κ2) is 10.0. The minimum Gasteiger partial charge on any atom is -0.387 e. The molecule has 0 saturated carbocycles. The van der Waals surface area contributed by atoms with E-state index in [4.69, 9.17) is 17.3 Å². The summed E-state index contributed by atoms with van der Waals surface area (Å²) in [7, 11) is 0. The van der Waals surface area contributed by atoms with Crippen LogP contribution in [0.3, 0.4) is 0 Å². The minimum absolute atomic E-state index is 0.539. The maximum Gasteiger partial charge on any atom is 0.127 e. The second-order valence-corrected chi connectivity index (χ2v) is 4.12. The predicted molar refractivity (Wildman–Crippen MR) is 69.2 cm³/mol. The summed E-state index contributed by atoms with van der Waals surface area (Å²) < 4.78 is 0. The van der Waals surface area contributed by atoms with Crippen molar-refractivity contribution in [2.45, 2.75) is 58.8 Å². The zero-order valence-corrected chi connectivity index (χ0v) is 10.7. The van der Waals surface area contributed by atoms with Crippen LogP contribution in [0.4, 0.5) is 0 Å². The van der Waals surface area contributed by atoms with Crippen LogP contribution in [0.15, 0.2) is 16.2 Å². The molecule has 0 saturated heterocycles. The van der Waals surface area contributed by atoms with Crippen molar-refractivity contribution in [3.8, 4) is 0 Å². The summed E-state index contributed by atoms with van der Waals surface area (Å²) in [6, 6.07) is 0. The molecule has 0 aromatic heterocycles. The summed E-state index contributed by atoms with van der Waals surface area (Å²) in [4.78, 5) is 4.14. The number of amidine groups is 1. The molecule has 0 rings (SSSR count). The number of hydrogen-bond donors (Lipinski definition) is 1. The average molecular weight is 231 g/mol. The van der Waals surface area contributed by atoms with E-state index in [9.17, 15) is 0 Å². The third kappa shape index (κ3) is 9.80. The van der Waals surface area contributed by atoms with Crippen LogP contribution >= 0.6 is 11.6 Å². The lowest BCUT2D eigenvalue weighted by Gasteiger charge is -1.99. The molecule has 0 aliphatic heterocycles. The molecule has 3 heteroatoms. The molecule has 15 heavy (non-hydrogen) atoms. The summed E-state index contributed by atoms with van der Waals surface area (Å²) in [5.74, 6) is 0.654. The van der Waals surface area contributed by atoms with Gasteiger partial charge in [-0.05, 0) is 25.3 Å². The van der Waals surface area contributed by atoms with E-state index in [0.29, 0.717) is 11.0 Å². The fraction of sp³-hybridized carbons (Fsp3) is 0.750. The maximum atomic E-state index is 5.92. The number of nitrogens with two attached hydrogens (primary N) is 1. The molecule has 2 nitrogen and oxygen atoms in total. The van der Waals surface area contributed by atoms with Crippen molar-refractivity contribution in [1.82, 2.24) is 0 Å². The number of rotatable bonds is 8. The van der Waals surface area contributed by atoms with Crippen molar-refractivity contribution in [1.29, 1.82) is 0 Å². The highest BCUT2D eigenvalue weighted by atomic mass is 35.5. The second-order valence-electron chi connectivity index (χ2n) is 3.73. The lowest BCUT2D eigenvalue weighted by molar-refractivity contribution is 0.739. The Morgan fingerprint density at radius 3 is 2.47 bits per heavy atom. The first kappa shape index (κ1) is 14.5. The molecule has 0 atom stereocenters. The third-order valence-electron chi connectivity index (χ3n) is 2.16. The number of halogens is 1. The summed E-state index contributed by atoms with van der Waals surface area (Å²) >= 11 is 5.92. The minimum atomic E-state index is 0.539. The number of nitrogens with zero attached hydrogens (tertiary/aromatic N) is 1. The van der Waals surface area contributed by atoms with Gasteiger partial charge in [-0.1, -0.05) is 44.7 Å². The molecule has 2 N–H and O–H groups in total. The fourth-order valence-corrected chi connectivity index (χ4v) is 1.44. The lowest BCUT2D eigenvalue weighted by Crippen LogP contribution is -2.10.